The summed E-state index contributed by atoms with van der Waals surface area (Å²) in [5.74, 6) is 0.822. The lowest BCUT2D eigenvalue weighted by molar-refractivity contribution is -0.0250. The van der Waals surface area contributed by atoms with Crippen LogP contribution in [0, 0.1) is 13.8 Å². The van der Waals surface area contributed by atoms with Gasteiger partial charge >= 0.3 is 0 Å². The summed E-state index contributed by atoms with van der Waals surface area (Å²) in [5, 5.41) is 19.3. The average molecular weight is 268 g/mol. The third kappa shape index (κ3) is 2.96. The Labute approximate surface area is 112 Å². The molecule has 19 heavy (non-hydrogen) atoms. The molecule has 1 aliphatic rings. The van der Waals surface area contributed by atoms with E-state index in [0.29, 0.717) is 49.7 Å². The molecule has 1 fully saturated rings. The largest absolute Gasteiger partial charge is 0.445 e. The third-order valence-electron chi connectivity index (χ3n) is 3.60. The molecule has 0 aliphatic carbocycles. The molecule has 1 aromatic rings. The number of rotatable bonds is 2. The number of amides is 1. The van der Waals surface area contributed by atoms with Crippen molar-refractivity contribution < 1.29 is 19.4 Å². The Morgan fingerprint density at radius 2 is 2.16 bits per heavy atom. The zero-order valence-electron chi connectivity index (χ0n) is 11.3. The third-order valence-corrected chi connectivity index (χ3v) is 3.60. The van der Waals surface area contributed by atoms with E-state index in [2.05, 4.69) is 4.98 Å². The van der Waals surface area contributed by atoms with E-state index in [9.17, 15) is 15.0 Å². The van der Waals surface area contributed by atoms with Crippen molar-refractivity contribution in [2.24, 2.45) is 0 Å². The normalized spacial score (nSPS) is 24.3. The Morgan fingerprint density at radius 3 is 2.74 bits per heavy atom. The molecule has 1 unspecified atom stereocenters. The van der Waals surface area contributed by atoms with E-state index in [0.717, 1.165) is 0 Å². The van der Waals surface area contributed by atoms with Crippen molar-refractivity contribution in [3.05, 3.63) is 17.3 Å². The number of aryl methyl sites for hydroxylation is 2. The molecule has 2 rings (SSSR count). The Hall–Kier alpha value is -1.40. The standard InChI is InChI=1S/C13H20N2O4/c1-9-11(14-10(2)19-9)12(17)15-6-3-4-13(18,8-16)5-7-15/h16,18H,3-8H2,1-2H3. The number of aliphatic hydroxyl groups excluding tert-OH is 1. The maximum Gasteiger partial charge on any atom is 0.276 e. The van der Waals surface area contributed by atoms with Gasteiger partial charge in [-0.05, 0) is 26.2 Å². The van der Waals surface area contributed by atoms with E-state index >= 15 is 0 Å². The first kappa shape index (κ1) is 14.0. The molecule has 106 valence electrons. The van der Waals surface area contributed by atoms with Crippen LogP contribution in [0.4, 0.5) is 0 Å². The van der Waals surface area contributed by atoms with Crippen molar-refractivity contribution in [3.8, 4) is 0 Å². The highest BCUT2D eigenvalue weighted by atomic mass is 16.4. The highest BCUT2D eigenvalue weighted by molar-refractivity contribution is 5.93. The first-order valence-electron chi connectivity index (χ1n) is 6.52. The summed E-state index contributed by atoms with van der Waals surface area (Å²) in [4.78, 5) is 18.1. The summed E-state index contributed by atoms with van der Waals surface area (Å²) >= 11 is 0. The van der Waals surface area contributed by atoms with Crippen LogP contribution in [-0.2, 0) is 0 Å². The van der Waals surface area contributed by atoms with Crippen LogP contribution in [0.1, 0.15) is 41.4 Å². The van der Waals surface area contributed by atoms with Crippen LogP contribution >= 0.6 is 0 Å². The minimum atomic E-state index is -1.07. The number of likely N-dealkylation sites (tertiary alicyclic amines) is 1. The summed E-state index contributed by atoms with van der Waals surface area (Å²) in [6.45, 7) is 4.14. The van der Waals surface area contributed by atoms with Gasteiger partial charge in [0.05, 0.1) is 12.2 Å². The molecule has 0 radical (unpaired) electrons. The zero-order chi connectivity index (χ0) is 14.0. The quantitative estimate of drug-likeness (QED) is 0.822. The lowest BCUT2D eigenvalue weighted by Gasteiger charge is -2.24. The number of oxazole rings is 1. The van der Waals surface area contributed by atoms with E-state index in [1.165, 1.54) is 0 Å². The summed E-state index contributed by atoms with van der Waals surface area (Å²) in [5.41, 5.74) is -0.726. The average Bonchev–Trinajstić information content (AvgIpc) is 2.60. The topological polar surface area (TPSA) is 86.8 Å². The molecule has 1 amide bonds. The van der Waals surface area contributed by atoms with E-state index in [1.807, 2.05) is 0 Å². The molecule has 6 heteroatoms. The van der Waals surface area contributed by atoms with Crippen molar-refractivity contribution in [1.82, 2.24) is 9.88 Å². The number of hydrogen-bond acceptors (Lipinski definition) is 5. The van der Waals surface area contributed by atoms with Gasteiger partial charge < -0.3 is 19.5 Å². The molecule has 1 aliphatic heterocycles. The van der Waals surface area contributed by atoms with Crippen LogP contribution in [0.3, 0.4) is 0 Å². The van der Waals surface area contributed by atoms with Crippen molar-refractivity contribution in [1.29, 1.82) is 0 Å². The molecule has 6 nitrogen and oxygen atoms in total. The lowest BCUT2D eigenvalue weighted by atomic mass is 9.96. The Balaban J connectivity index is 2.10. The first-order valence-corrected chi connectivity index (χ1v) is 6.52. The fraction of sp³-hybridized carbons (Fsp3) is 0.692. The summed E-state index contributed by atoms with van der Waals surface area (Å²) in [7, 11) is 0. The summed E-state index contributed by atoms with van der Waals surface area (Å²) in [6, 6.07) is 0. The Bertz CT molecular complexity index is 471. The van der Waals surface area contributed by atoms with Gasteiger partial charge in [-0.15, -0.1) is 0 Å². The molecular weight excluding hydrogens is 248 g/mol. The second-order valence-electron chi connectivity index (χ2n) is 5.17. The molecule has 0 bridgehead atoms. The van der Waals surface area contributed by atoms with E-state index in [-0.39, 0.29) is 12.5 Å². The van der Waals surface area contributed by atoms with E-state index in [1.54, 1.807) is 18.7 Å². The number of nitrogens with zero attached hydrogens (tertiary/aromatic N) is 2. The van der Waals surface area contributed by atoms with Crippen molar-refractivity contribution >= 4 is 5.91 Å². The second-order valence-corrected chi connectivity index (χ2v) is 5.17. The van der Waals surface area contributed by atoms with Crippen LogP contribution in [0.15, 0.2) is 4.42 Å². The van der Waals surface area contributed by atoms with Gasteiger partial charge in [-0.3, -0.25) is 4.79 Å². The van der Waals surface area contributed by atoms with Gasteiger partial charge in [0.25, 0.3) is 5.91 Å². The van der Waals surface area contributed by atoms with Crippen molar-refractivity contribution in [2.75, 3.05) is 19.7 Å². The highest BCUT2D eigenvalue weighted by Gasteiger charge is 2.32. The molecular formula is C13H20N2O4. The predicted octanol–water partition coefficient (Wildman–Crippen LogP) is 0.641. The molecule has 2 heterocycles. The number of hydrogen-bond donors (Lipinski definition) is 2. The Morgan fingerprint density at radius 1 is 1.42 bits per heavy atom. The van der Waals surface area contributed by atoms with Gasteiger partial charge in [0.15, 0.2) is 11.6 Å². The van der Waals surface area contributed by atoms with Crippen LogP contribution in [0.5, 0.6) is 0 Å². The molecule has 2 N–H and O–H groups in total. The minimum absolute atomic E-state index is 0.170. The van der Waals surface area contributed by atoms with Crippen LogP contribution in [0.2, 0.25) is 0 Å². The van der Waals surface area contributed by atoms with Gasteiger partial charge in [-0.2, -0.15) is 0 Å². The van der Waals surface area contributed by atoms with E-state index in [4.69, 9.17) is 4.42 Å². The minimum Gasteiger partial charge on any atom is -0.445 e. The van der Waals surface area contributed by atoms with Crippen LogP contribution in [-0.4, -0.2) is 51.3 Å². The second kappa shape index (κ2) is 5.30. The molecule has 1 aromatic heterocycles. The molecule has 0 spiro atoms. The number of carbonyl (C=O) groups is 1. The monoisotopic (exact) mass is 268 g/mol. The summed E-state index contributed by atoms with van der Waals surface area (Å²) in [6.07, 6.45) is 1.55. The fourth-order valence-electron chi connectivity index (χ4n) is 2.42. The van der Waals surface area contributed by atoms with Crippen molar-refractivity contribution in [3.63, 3.8) is 0 Å². The van der Waals surface area contributed by atoms with Gasteiger partial charge in [-0.25, -0.2) is 4.98 Å². The van der Waals surface area contributed by atoms with Gasteiger partial charge in [0, 0.05) is 20.0 Å². The van der Waals surface area contributed by atoms with Crippen LogP contribution < -0.4 is 0 Å². The van der Waals surface area contributed by atoms with Gasteiger partial charge in [0.1, 0.15) is 5.76 Å². The SMILES string of the molecule is Cc1nc(C(=O)N2CCCC(O)(CO)CC2)c(C)o1. The van der Waals surface area contributed by atoms with Crippen molar-refractivity contribution in [2.45, 2.75) is 38.7 Å². The predicted molar refractivity (Wildman–Crippen MR) is 67.8 cm³/mol. The molecule has 0 saturated carbocycles. The van der Waals surface area contributed by atoms with Crippen LogP contribution in [0.25, 0.3) is 0 Å². The molecule has 0 aromatic carbocycles. The number of carbonyl (C=O) groups excluding carboxylic acids is 1. The molecule has 1 atom stereocenters. The lowest BCUT2D eigenvalue weighted by Crippen LogP contribution is -2.36. The fourth-order valence-corrected chi connectivity index (χ4v) is 2.42. The summed E-state index contributed by atoms with van der Waals surface area (Å²) < 4.78 is 5.27. The van der Waals surface area contributed by atoms with Gasteiger partial charge in [0.2, 0.25) is 0 Å². The van der Waals surface area contributed by atoms with Gasteiger partial charge in [-0.1, -0.05) is 0 Å². The first-order chi connectivity index (χ1) is 8.95. The smallest absolute Gasteiger partial charge is 0.276 e. The highest BCUT2D eigenvalue weighted by Crippen LogP contribution is 2.23. The number of aromatic nitrogens is 1. The Kier molecular flexibility index (Phi) is 3.91. The maximum atomic E-state index is 12.3. The van der Waals surface area contributed by atoms with E-state index < -0.39 is 5.60 Å². The number of aliphatic hydroxyl groups is 2. The zero-order valence-corrected chi connectivity index (χ0v) is 11.3. The molecule has 1 saturated heterocycles. The maximum absolute atomic E-state index is 12.3.